The van der Waals surface area contributed by atoms with Gasteiger partial charge in [-0.3, -0.25) is 10.1 Å². The highest BCUT2D eigenvalue weighted by molar-refractivity contribution is 7.99. The normalized spacial score (nSPS) is 12.4. The lowest BCUT2D eigenvalue weighted by atomic mass is 10.2. The molecule has 0 aromatic carbocycles. The number of nitrogens with zero attached hydrogens (tertiary/aromatic N) is 2. The Hall–Kier alpha value is -0.810. The second-order valence-electron chi connectivity index (χ2n) is 3.61. The largest absolute Gasteiger partial charge is 0.304 e. The second kappa shape index (κ2) is 6.06. The molecule has 1 heterocycles. The van der Waals surface area contributed by atoms with Gasteiger partial charge in [-0.2, -0.15) is 0 Å². The molecule has 0 spiro atoms. The highest BCUT2D eigenvalue weighted by Crippen LogP contribution is 2.30. The molecular weight excluding hydrogens is 248 g/mol. The molecule has 0 saturated carbocycles. The zero-order chi connectivity index (χ0) is 12.1. The molecular formula is C10H13ClN2O2S. The van der Waals surface area contributed by atoms with Gasteiger partial charge in [-0.15, -0.1) is 11.6 Å². The molecule has 1 rings (SSSR count). The van der Waals surface area contributed by atoms with Crippen LogP contribution in [0.1, 0.15) is 12.5 Å². The van der Waals surface area contributed by atoms with Gasteiger partial charge in [0.15, 0.2) is 5.03 Å². The van der Waals surface area contributed by atoms with Crippen LogP contribution in [0, 0.1) is 23.0 Å². The molecule has 6 heteroatoms. The molecule has 1 unspecified atom stereocenters. The van der Waals surface area contributed by atoms with E-state index in [9.17, 15) is 10.1 Å². The number of nitro groups is 1. The first-order valence-electron chi connectivity index (χ1n) is 4.85. The van der Waals surface area contributed by atoms with Gasteiger partial charge in [0.1, 0.15) is 0 Å². The third kappa shape index (κ3) is 3.35. The van der Waals surface area contributed by atoms with Crippen molar-refractivity contribution in [1.29, 1.82) is 0 Å². The van der Waals surface area contributed by atoms with E-state index in [2.05, 4.69) is 4.98 Å². The summed E-state index contributed by atoms with van der Waals surface area (Å²) >= 11 is 7.07. The van der Waals surface area contributed by atoms with E-state index < -0.39 is 0 Å². The van der Waals surface area contributed by atoms with Crippen LogP contribution < -0.4 is 0 Å². The Labute approximate surface area is 104 Å². The highest BCUT2D eigenvalue weighted by atomic mass is 35.5. The molecule has 0 N–H and O–H groups in total. The van der Waals surface area contributed by atoms with Crippen molar-refractivity contribution in [2.75, 3.05) is 11.6 Å². The maximum absolute atomic E-state index is 10.9. The molecule has 4 nitrogen and oxygen atoms in total. The Balaban J connectivity index is 2.87. The van der Waals surface area contributed by atoms with Crippen LogP contribution in [0.5, 0.6) is 0 Å². The van der Waals surface area contributed by atoms with Gasteiger partial charge in [-0.1, -0.05) is 18.7 Å². The number of alkyl halides is 1. The van der Waals surface area contributed by atoms with E-state index >= 15 is 0 Å². The number of halogens is 1. The molecule has 0 fully saturated rings. The average Bonchev–Trinajstić information content (AvgIpc) is 2.25. The molecule has 1 atom stereocenters. The first-order valence-corrected chi connectivity index (χ1v) is 6.37. The van der Waals surface area contributed by atoms with Crippen molar-refractivity contribution in [3.05, 3.63) is 27.9 Å². The zero-order valence-corrected chi connectivity index (χ0v) is 10.7. The lowest BCUT2D eigenvalue weighted by Gasteiger charge is -2.07. The van der Waals surface area contributed by atoms with Crippen molar-refractivity contribution < 1.29 is 4.92 Å². The Bertz CT molecular complexity index is 387. The Morgan fingerprint density at radius 1 is 1.69 bits per heavy atom. The van der Waals surface area contributed by atoms with Crippen molar-refractivity contribution in [1.82, 2.24) is 4.98 Å². The van der Waals surface area contributed by atoms with E-state index in [4.69, 9.17) is 11.6 Å². The highest BCUT2D eigenvalue weighted by Gasteiger charge is 2.19. The standard InChI is InChI=1S/C10H13ClN2O2S/c1-7(5-11)6-16-10-9(13(14)15)8(2)3-4-12-10/h3-4,7H,5-6H2,1-2H3. The summed E-state index contributed by atoms with van der Waals surface area (Å²) in [7, 11) is 0. The summed E-state index contributed by atoms with van der Waals surface area (Å²) in [5.41, 5.74) is 0.746. The number of hydrogen-bond donors (Lipinski definition) is 0. The minimum atomic E-state index is -0.379. The van der Waals surface area contributed by atoms with Crippen molar-refractivity contribution >= 4 is 29.1 Å². The molecule has 0 bridgehead atoms. The van der Waals surface area contributed by atoms with Gasteiger partial charge in [0.05, 0.1) is 4.92 Å². The summed E-state index contributed by atoms with van der Waals surface area (Å²) in [6.45, 7) is 3.72. The quantitative estimate of drug-likeness (QED) is 0.353. The fraction of sp³-hybridized carbons (Fsp3) is 0.500. The predicted octanol–water partition coefficient (Wildman–Crippen LogP) is 3.27. The molecule has 1 aromatic rings. The second-order valence-corrected chi connectivity index (χ2v) is 4.93. The summed E-state index contributed by atoms with van der Waals surface area (Å²) in [4.78, 5) is 14.5. The topological polar surface area (TPSA) is 56.0 Å². The molecule has 0 amide bonds. The van der Waals surface area contributed by atoms with Crippen LogP contribution in [-0.2, 0) is 0 Å². The maximum atomic E-state index is 10.9. The van der Waals surface area contributed by atoms with Crippen molar-refractivity contribution in [3.8, 4) is 0 Å². The number of rotatable bonds is 5. The van der Waals surface area contributed by atoms with Crippen LogP contribution in [0.3, 0.4) is 0 Å². The lowest BCUT2D eigenvalue weighted by molar-refractivity contribution is -0.388. The van der Waals surface area contributed by atoms with Gasteiger partial charge in [-0.05, 0) is 18.9 Å². The van der Waals surface area contributed by atoms with Crippen molar-refractivity contribution in [3.63, 3.8) is 0 Å². The van der Waals surface area contributed by atoms with Gasteiger partial charge in [0, 0.05) is 23.4 Å². The van der Waals surface area contributed by atoms with E-state index in [0.717, 1.165) is 5.75 Å². The summed E-state index contributed by atoms with van der Waals surface area (Å²) in [5, 5.41) is 11.4. The van der Waals surface area contributed by atoms with Crippen LogP contribution in [0.25, 0.3) is 0 Å². The number of aromatic nitrogens is 1. The zero-order valence-electron chi connectivity index (χ0n) is 9.14. The van der Waals surface area contributed by atoms with Crippen LogP contribution in [0.15, 0.2) is 17.3 Å². The number of pyridine rings is 1. The number of hydrogen-bond acceptors (Lipinski definition) is 4. The van der Waals surface area contributed by atoms with Gasteiger partial charge < -0.3 is 0 Å². The van der Waals surface area contributed by atoms with Crippen molar-refractivity contribution in [2.24, 2.45) is 5.92 Å². The van der Waals surface area contributed by atoms with Crippen LogP contribution in [-0.4, -0.2) is 21.5 Å². The molecule has 0 aliphatic rings. The van der Waals surface area contributed by atoms with E-state index in [1.54, 1.807) is 19.2 Å². The Morgan fingerprint density at radius 3 is 2.94 bits per heavy atom. The average molecular weight is 261 g/mol. The monoisotopic (exact) mass is 260 g/mol. The molecule has 0 radical (unpaired) electrons. The first-order chi connectivity index (χ1) is 7.56. The van der Waals surface area contributed by atoms with Crippen molar-refractivity contribution in [2.45, 2.75) is 18.9 Å². The van der Waals surface area contributed by atoms with E-state index in [-0.39, 0.29) is 10.6 Å². The van der Waals surface area contributed by atoms with Gasteiger partial charge in [0.25, 0.3) is 0 Å². The van der Waals surface area contributed by atoms with E-state index in [1.807, 2.05) is 6.92 Å². The molecule has 0 aliphatic carbocycles. The predicted molar refractivity (Wildman–Crippen MR) is 66.2 cm³/mol. The van der Waals surface area contributed by atoms with Crippen LogP contribution in [0.4, 0.5) is 5.69 Å². The minimum Gasteiger partial charge on any atom is -0.258 e. The molecule has 0 aliphatic heterocycles. The third-order valence-electron chi connectivity index (χ3n) is 2.04. The van der Waals surface area contributed by atoms with E-state index in [0.29, 0.717) is 22.4 Å². The fourth-order valence-electron chi connectivity index (χ4n) is 1.12. The Kier molecular flexibility index (Phi) is 5.02. The fourth-order valence-corrected chi connectivity index (χ4v) is 2.43. The number of aryl methyl sites for hydroxylation is 1. The first kappa shape index (κ1) is 13.3. The van der Waals surface area contributed by atoms with Crippen LogP contribution >= 0.6 is 23.4 Å². The summed E-state index contributed by atoms with van der Waals surface area (Å²) in [6.07, 6.45) is 1.59. The smallest absolute Gasteiger partial charge is 0.258 e. The molecule has 0 saturated heterocycles. The van der Waals surface area contributed by atoms with Gasteiger partial charge in [-0.25, -0.2) is 4.98 Å². The van der Waals surface area contributed by atoms with Crippen LogP contribution in [0.2, 0.25) is 0 Å². The maximum Gasteiger partial charge on any atom is 0.304 e. The van der Waals surface area contributed by atoms with Gasteiger partial charge >= 0.3 is 5.69 Å². The SMILES string of the molecule is Cc1ccnc(SCC(C)CCl)c1[N+](=O)[O-]. The molecule has 16 heavy (non-hydrogen) atoms. The lowest BCUT2D eigenvalue weighted by Crippen LogP contribution is -2.02. The number of thioether (sulfide) groups is 1. The molecule has 1 aromatic heterocycles. The summed E-state index contributed by atoms with van der Waals surface area (Å²) in [6, 6.07) is 1.65. The summed E-state index contributed by atoms with van der Waals surface area (Å²) in [5.74, 6) is 1.60. The Morgan fingerprint density at radius 2 is 2.38 bits per heavy atom. The molecule has 88 valence electrons. The van der Waals surface area contributed by atoms with E-state index in [1.165, 1.54) is 11.8 Å². The van der Waals surface area contributed by atoms with Gasteiger partial charge in [0.2, 0.25) is 0 Å². The third-order valence-corrected chi connectivity index (χ3v) is 3.88. The minimum absolute atomic E-state index is 0.106. The summed E-state index contributed by atoms with van der Waals surface area (Å²) < 4.78 is 0.